The molecule has 1 fully saturated rings. The summed E-state index contributed by atoms with van der Waals surface area (Å²) in [5.41, 5.74) is 5.64. The van der Waals surface area contributed by atoms with E-state index in [1.54, 1.807) is 0 Å². The van der Waals surface area contributed by atoms with Crippen LogP contribution in [0.5, 0.6) is 0 Å². The topological polar surface area (TPSA) is 58.4 Å². The van der Waals surface area contributed by atoms with Gasteiger partial charge in [0.2, 0.25) is 5.91 Å². The van der Waals surface area contributed by atoms with Gasteiger partial charge in [-0.05, 0) is 40.0 Å². The van der Waals surface area contributed by atoms with E-state index < -0.39 is 0 Å². The number of likely N-dealkylation sites (tertiary alicyclic amines) is 1. The number of rotatable bonds is 5. The molecule has 1 saturated heterocycles. The lowest BCUT2D eigenvalue weighted by atomic mass is 10.0. The summed E-state index contributed by atoms with van der Waals surface area (Å²) >= 11 is 0. The van der Waals surface area contributed by atoms with Crippen LogP contribution in [0, 0.1) is 0 Å². The largest absolute Gasteiger partial charge is 0.353 e. The Morgan fingerprint density at radius 3 is 2.41 bits per heavy atom. The first-order valence-electron chi connectivity index (χ1n) is 6.78. The maximum atomic E-state index is 11.7. The standard InChI is InChI=1S/C13H27N3O/c1-10(2)16-8-6-12(7-9-16)15-13(17)5-4-11(3)14/h10-12H,4-9,14H2,1-3H3,(H,15,17). The van der Waals surface area contributed by atoms with E-state index >= 15 is 0 Å². The highest BCUT2D eigenvalue weighted by Gasteiger charge is 2.21. The molecule has 100 valence electrons. The number of nitrogens with zero attached hydrogens (tertiary/aromatic N) is 1. The van der Waals surface area contributed by atoms with Gasteiger partial charge in [-0.2, -0.15) is 0 Å². The molecular formula is C13H27N3O. The van der Waals surface area contributed by atoms with E-state index in [1.807, 2.05) is 6.92 Å². The van der Waals surface area contributed by atoms with Crippen LogP contribution in [0.4, 0.5) is 0 Å². The van der Waals surface area contributed by atoms with Crippen LogP contribution in [0.2, 0.25) is 0 Å². The van der Waals surface area contributed by atoms with Gasteiger partial charge in [0.25, 0.3) is 0 Å². The summed E-state index contributed by atoms with van der Waals surface area (Å²) in [4.78, 5) is 14.1. The highest BCUT2D eigenvalue weighted by Crippen LogP contribution is 2.13. The number of piperidine rings is 1. The van der Waals surface area contributed by atoms with Crippen molar-refractivity contribution in [2.75, 3.05) is 13.1 Å². The molecule has 1 unspecified atom stereocenters. The molecule has 1 aliphatic rings. The predicted molar refractivity (Wildman–Crippen MR) is 70.8 cm³/mol. The zero-order valence-electron chi connectivity index (χ0n) is 11.4. The predicted octanol–water partition coefficient (Wildman–Crippen LogP) is 1.10. The summed E-state index contributed by atoms with van der Waals surface area (Å²) in [5.74, 6) is 0.158. The second-order valence-corrected chi connectivity index (χ2v) is 5.49. The summed E-state index contributed by atoms with van der Waals surface area (Å²) in [5, 5.41) is 3.11. The van der Waals surface area contributed by atoms with Crippen LogP contribution in [0.25, 0.3) is 0 Å². The average molecular weight is 241 g/mol. The molecule has 1 atom stereocenters. The fourth-order valence-corrected chi connectivity index (χ4v) is 2.22. The molecule has 0 saturated carbocycles. The third-order valence-corrected chi connectivity index (χ3v) is 3.45. The normalized spacial score (nSPS) is 20.5. The molecule has 4 heteroatoms. The molecule has 0 bridgehead atoms. The molecule has 0 aliphatic carbocycles. The molecule has 0 aromatic heterocycles. The van der Waals surface area contributed by atoms with Crippen molar-refractivity contribution < 1.29 is 4.79 Å². The summed E-state index contributed by atoms with van der Waals surface area (Å²) in [6, 6.07) is 1.10. The minimum Gasteiger partial charge on any atom is -0.353 e. The van der Waals surface area contributed by atoms with Gasteiger partial charge in [0.05, 0.1) is 0 Å². The summed E-state index contributed by atoms with van der Waals surface area (Å²) in [6.45, 7) is 8.57. The molecule has 3 N–H and O–H groups in total. The van der Waals surface area contributed by atoms with Crippen molar-refractivity contribution >= 4 is 5.91 Å². The van der Waals surface area contributed by atoms with Crippen molar-refractivity contribution in [3.63, 3.8) is 0 Å². The maximum absolute atomic E-state index is 11.7. The van der Waals surface area contributed by atoms with E-state index in [2.05, 4.69) is 24.1 Å². The molecule has 0 aromatic carbocycles. The number of hydrogen-bond donors (Lipinski definition) is 2. The summed E-state index contributed by atoms with van der Waals surface area (Å²) in [6.07, 6.45) is 3.48. The van der Waals surface area contributed by atoms with Gasteiger partial charge in [-0.15, -0.1) is 0 Å². The van der Waals surface area contributed by atoms with Crippen molar-refractivity contribution in [1.29, 1.82) is 0 Å². The Morgan fingerprint density at radius 2 is 1.94 bits per heavy atom. The number of carbonyl (C=O) groups is 1. The Balaban J connectivity index is 2.19. The summed E-state index contributed by atoms with van der Waals surface area (Å²) in [7, 11) is 0. The quantitative estimate of drug-likeness (QED) is 0.758. The lowest BCUT2D eigenvalue weighted by molar-refractivity contribution is -0.122. The van der Waals surface area contributed by atoms with Crippen LogP contribution >= 0.6 is 0 Å². The molecule has 0 spiro atoms. The van der Waals surface area contributed by atoms with Gasteiger partial charge in [-0.1, -0.05) is 0 Å². The highest BCUT2D eigenvalue weighted by molar-refractivity contribution is 5.76. The summed E-state index contributed by atoms with van der Waals surface area (Å²) < 4.78 is 0. The van der Waals surface area contributed by atoms with Gasteiger partial charge >= 0.3 is 0 Å². The average Bonchev–Trinajstić information content (AvgIpc) is 2.27. The molecule has 1 rings (SSSR count). The van der Waals surface area contributed by atoms with E-state index in [0.717, 1.165) is 32.4 Å². The zero-order chi connectivity index (χ0) is 12.8. The van der Waals surface area contributed by atoms with Crippen LogP contribution in [-0.2, 0) is 4.79 Å². The van der Waals surface area contributed by atoms with Crippen LogP contribution < -0.4 is 11.1 Å². The Bertz CT molecular complexity index is 233. The van der Waals surface area contributed by atoms with E-state index in [0.29, 0.717) is 18.5 Å². The van der Waals surface area contributed by atoms with Crippen LogP contribution in [0.15, 0.2) is 0 Å². The zero-order valence-corrected chi connectivity index (χ0v) is 11.4. The van der Waals surface area contributed by atoms with E-state index in [4.69, 9.17) is 5.73 Å². The van der Waals surface area contributed by atoms with Crippen LogP contribution in [0.1, 0.15) is 46.5 Å². The minimum atomic E-state index is 0.114. The van der Waals surface area contributed by atoms with E-state index in [1.165, 1.54) is 0 Å². The van der Waals surface area contributed by atoms with Gasteiger partial charge in [0, 0.05) is 37.6 Å². The lowest BCUT2D eigenvalue weighted by Crippen LogP contribution is -2.46. The van der Waals surface area contributed by atoms with E-state index in [9.17, 15) is 4.79 Å². The number of nitrogens with one attached hydrogen (secondary N) is 1. The van der Waals surface area contributed by atoms with Crippen molar-refractivity contribution in [3.05, 3.63) is 0 Å². The molecule has 1 heterocycles. The van der Waals surface area contributed by atoms with Gasteiger partial charge in [0.15, 0.2) is 0 Å². The van der Waals surface area contributed by atoms with Crippen molar-refractivity contribution in [2.45, 2.75) is 64.6 Å². The smallest absolute Gasteiger partial charge is 0.220 e. The van der Waals surface area contributed by atoms with Crippen LogP contribution in [-0.4, -0.2) is 42.0 Å². The lowest BCUT2D eigenvalue weighted by Gasteiger charge is -2.34. The number of nitrogens with two attached hydrogens (primary N) is 1. The molecule has 17 heavy (non-hydrogen) atoms. The first-order valence-corrected chi connectivity index (χ1v) is 6.78. The molecule has 0 radical (unpaired) electrons. The molecule has 1 aliphatic heterocycles. The maximum Gasteiger partial charge on any atom is 0.220 e. The highest BCUT2D eigenvalue weighted by atomic mass is 16.1. The molecule has 4 nitrogen and oxygen atoms in total. The second-order valence-electron chi connectivity index (χ2n) is 5.49. The first-order chi connectivity index (χ1) is 7.99. The van der Waals surface area contributed by atoms with Gasteiger partial charge in [0.1, 0.15) is 0 Å². The van der Waals surface area contributed by atoms with E-state index in [-0.39, 0.29) is 11.9 Å². The van der Waals surface area contributed by atoms with Gasteiger partial charge < -0.3 is 16.0 Å². The molecule has 0 aromatic rings. The second kappa shape index (κ2) is 6.97. The van der Waals surface area contributed by atoms with Gasteiger partial charge in [-0.25, -0.2) is 0 Å². The third kappa shape index (κ3) is 5.50. The van der Waals surface area contributed by atoms with Crippen LogP contribution in [0.3, 0.4) is 0 Å². The van der Waals surface area contributed by atoms with Crippen molar-refractivity contribution in [3.8, 4) is 0 Å². The Labute approximate surface area is 105 Å². The molecular weight excluding hydrogens is 214 g/mol. The Kier molecular flexibility index (Phi) is 5.92. The fraction of sp³-hybridized carbons (Fsp3) is 0.923. The first kappa shape index (κ1) is 14.5. The fourth-order valence-electron chi connectivity index (χ4n) is 2.22. The number of carbonyl (C=O) groups excluding carboxylic acids is 1. The van der Waals surface area contributed by atoms with Crippen molar-refractivity contribution in [2.24, 2.45) is 5.73 Å². The van der Waals surface area contributed by atoms with Gasteiger partial charge in [-0.3, -0.25) is 4.79 Å². The SMILES string of the molecule is CC(N)CCC(=O)NC1CCN(C(C)C)CC1. The molecule has 1 amide bonds. The number of hydrogen-bond acceptors (Lipinski definition) is 3. The van der Waals surface area contributed by atoms with Crippen molar-refractivity contribution in [1.82, 2.24) is 10.2 Å². The Morgan fingerprint density at radius 1 is 1.35 bits per heavy atom. The Hall–Kier alpha value is -0.610. The minimum absolute atomic E-state index is 0.114. The third-order valence-electron chi connectivity index (χ3n) is 3.45. The monoisotopic (exact) mass is 241 g/mol. The number of amides is 1.